The lowest BCUT2D eigenvalue weighted by Gasteiger charge is -2.33. The lowest BCUT2D eigenvalue weighted by Crippen LogP contribution is -2.48. The number of allylic oxidation sites excluding steroid dienone is 3. The van der Waals surface area contributed by atoms with Crippen LogP contribution in [0.2, 0.25) is 0 Å². The number of hydrogen-bond acceptors (Lipinski definition) is 3. The van der Waals surface area contributed by atoms with Crippen LogP contribution in [0.5, 0.6) is 0 Å². The number of carbonyl (C=O) groups is 1. The van der Waals surface area contributed by atoms with E-state index < -0.39 is 29.5 Å². The molecular formula is C18H14Cl2F3NO3. The molecule has 1 aromatic rings. The van der Waals surface area contributed by atoms with Gasteiger partial charge in [-0.2, -0.15) is 13.2 Å². The van der Waals surface area contributed by atoms with Crippen LogP contribution in [0, 0.1) is 6.92 Å². The second-order valence-corrected chi connectivity index (χ2v) is 7.40. The molecule has 0 amide bonds. The first-order valence-corrected chi connectivity index (χ1v) is 8.73. The van der Waals surface area contributed by atoms with Crippen LogP contribution in [0.25, 0.3) is 0 Å². The van der Waals surface area contributed by atoms with E-state index in [9.17, 15) is 18.0 Å². The molecule has 0 saturated carbocycles. The number of carboxylic acid groups (broad SMARTS) is 1. The number of rotatable bonds is 3. The normalized spacial score (nSPS) is 25.4. The summed E-state index contributed by atoms with van der Waals surface area (Å²) in [7, 11) is 0. The van der Waals surface area contributed by atoms with E-state index in [1.54, 1.807) is 6.92 Å². The number of nitrogens with zero attached hydrogens (tertiary/aromatic N) is 1. The Morgan fingerprint density at radius 1 is 1.41 bits per heavy atom. The highest BCUT2D eigenvalue weighted by atomic mass is 35.5. The van der Waals surface area contributed by atoms with Crippen molar-refractivity contribution in [2.45, 2.75) is 36.9 Å². The Labute approximate surface area is 162 Å². The van der Waals surface area contributed by atoms with E-state index in [0.717, 1.165) is 0 Å². The Balaban J connectivity index is 1.97. The average molecular weight is 420 g/mol. The molecule has 2 aliphatic rings. The average Bonchev–Trinajstić information content (AvgIpc) is 3.00. The van der Waals surface area contributed by atoms with Gasteiger partial charge in [0, 0.05) is 11.5 Å². The van der Waals surface area contributed by atoms with Crippen molar-refractivity contribution in [2.24, 2.45) is 5.16 Å². The molecule has 144 valence electrons. The fourth-order valence-corrected chi connectivity index (χ4v) is 3.82. The molecule has 0 fully saturated rings. The van der Waals surface area contributed by atoms with Gasteiger partial charge in [-0.3, -0.25) is 0 Å². The Bertz CT molecular complexity index is 892. The molecule has 1 heterocycles. The topological polar surface area (TPSA) is 58.9 Å². The number of halogens is 5. The molecule has 0 aromatic heterocycles. The standard InChI is InChI=1S/C18H14Cl2F3NO3/c1-9-4-10(2-3-14(9)16(25)26)15-8-17(27-24-15,18(21,22)23)11-5-12(19)7-13(20)6-11/h2-5,7,13H,6,8H2,1H3,(H,25,26). The van der Waals surface area contributed by atoms with E-state index in [0.29, 0.717) is 11.1 Å². The van der Waals surface area contributed by atoms with Gasteiger partial charge in [0.2, 0.25) is 0 Å². The summed E-state index contributed by atoms with van der Waals surface area (Å²) in [6.07, 6.45) is -2.70. The maximum atomic E-state index is 14.0. The Hall–Kier alpha value is -1.99. The summed E-state index contributed by atoms with van der Waals surface area (Å²) >= 11 is 11.9. The summed E-state index contributed by atoms with van der Waals surface area (Å²) in [6, 6.07) is 4.22. The van der Waals surface area contributed by atoms with Crippen LogP contribution < -0.4 is 0 Å². The van der Waals surface area contributed by atoms with Gasteiger partial charge in [-0.15, -0.1) is 11.6 Å². The monoisotopic (exact) mass is 419 g/mol. The molecule has 1 aliphatic heterocycles. The molecule has 4 nitrogen and oxygen atoms in total. The number of aromatic carboxylic acids is 1. The van der Waals surface area contributed by atoms with Crippen LogP contribution in [-0.4, -0.2) is 33.9 Å². The van der Waals surface area contributed by atoms with E-state index in [1.807, 2.05) is 0 Å². The molecule has 0 spiro atoms. The first-order valence-electron chi connectivity index (χ1n) is 7.92. The van der Waals surface area contributed by atoms with Crippen LogP contribution in [0.3, 0.4) is 0 Å². The molecule has 1 aromatic carbocycles. The second-order valence-electron chi connectivity index (χ2n) is 6.41. The highest BCUT2D eigenvalue weighted by Gasteiger charge is 2.63. The van der Waals surface area contributed by atoms with Gasteiger partial charge in [0.15, 0.2) is 0 Å². The summed E-state index contributed by atoms with van der Waals surface area (Å²) in [6.45, 7) is 1.56. The lowest BCUT2D eigenvalue weighted by atomic mass is 9.82. The summed E-state index contributed by atoms with van der Waals surface area (Å²) in [4.78, 5) is 16.1. The predicted molar refractivity (Wildman–Crippen MR) is 95.4 cm³/mol. The smallest absolute Gasteiger partial charge is 0.435 e. The minimum Gasteiger partial charge on any atom is -0.478 e. The Kier molecular flexibility index (Phi) is 5.03. The van der Waals surface area contributed by atoms with Crippen molar-refractivity contribution in [3.8, 4) is 0 Å². The predicted octanol–water partition coefficient (Wildman–Crippen LogP) is 5.18. The van der Waals surface area contributed by atoms with Crippen LogP contribution in [0.15, 0.2) is 46.1 Å². The van der Waals surface area contributed by atoms with Crippen molar-refractivity contribution in [3.63, 3.8) is 0 Å². The van der Waals surface area contributed by atoms with E-state index in [2.05, 4.69) is 5.16 Å². The Morgan fingerprint density at radius 3 is 2.67 bits per heavy atom. The SMILES string of the molecule is Cc1cc(C2=NOC(C3=CC(Cl)=CC(Cl)C3)(C(F)(F)F)C2)ccc1C(=O)O. The van der Waals surface area contributed by atoms with Gasteiger partial charge in [0.1, 0.15) is 0 Å². The zero-order chi connectivity index (χ0) is 20.0. The first kappa shape index (κ1) is 19.8. The largest absolute Gasteiger partial charge is 0.478 e. The molecule has 2 atom stereocenters. The highest BCUT2D eigenvalue weighted by molar-refractivity contribution is 6.32. The van der Waals surface area contributed by atoms with Gasteiger partial charge < -0.3 is 9.94 Å². The number of benzene rings is 1. The van der Waals surface area contributed by atoms with Crippen molar-refractivity contribution in [2.75, 3.05) is 0 Å². The third-order valence-corrected chi connectivity index (χ3v) is 5.08. The summed E-state index contributed by atoms with van der Waals surface area (Å²) in [5, 5.41) is 12.2. The number of hydrogen-bond donors (Lipinski definition) is 1. The van der Waals surface area contributed by atoms with Gasteiger partial charge >= 0.3 is 12.1 Å². The zero-order valence-corrected chi connectivity index (χ0v) is 15.5. The summed E-state index contributed by atoms with van der Waals surface area (Å²) in [5.41, 5.74) is -1.83. The van der Waals surface area contributed by atoms with Crippen molar-refractivity contribution < 1.29 is 27.9 Å². The number of alkyl halides is 4. The highest BCUT2D eigenvalue weighted by Crippen LogP contribution is 2.49. The van der Waals surface area contributed by atoms with Gasteiger partial charge in [0.05, 0.1) is 16.7 Å². The molecule has 0 saturated heterocycles. The van der Waals surface area contributed by atoms with Crippen LogP contribution >= 0.6 is 23.2 Å². The molecule has 1 aliphatic carbocycles. The molecule has 9 heteroatoms. The maximum Gasteiger partial charge on any atom is 0.435 e. The van der Waals surface area contributed by atoms with Gasteiger partial charge in [-0.05, 0) is 54.3 Å². The minimum absolute atomic E-state index is 0.0669. The molecular weight excluding hydrogens is 406 g/mol. The van der Waals surface area contributed by atoms with Crippen LogP contribution in [-0.2, 0) is 4.84 Å². The van der Waals surface area contributed by atoms with Crippen molar-refractivity contribution in [1.29, 1.82) is 0 Å². The first-order chi connectivity index (χ1) is 12.5. The molecule has 27 heavy (non-hydrogen) atoms. The molecule has 0 bridgehead atoms. The summed E-state index contributed by atoms with van der Waals surface area (Å²) < 4.78 is 41.9. The fraction of sp³-hybridized carbons (Fsp3) is 0.333. The van der Waals surface area contributed by atoms with E-state index in [1.165, 1.54) is 30.4 Å². The third kappa shape index (κ3) is 3.58. The molecule has 2 unspecified atom stereocenters. The minimum atomic E-state index is -4.74. The number of oxime groups is 1. The van der Waals surface area contributed by atoms with Crippen molar-refractivity contribution in [1.82, 2.24) is 0 Å². The molecule has 0 radical (unpaired) electrons. The van der Waals surface area contributed by atoms with Crippen LogP contribution in [0.4, 0.5) is 13.2 Å². The number of aryl methyl sites for hydroxylation is 1. The third-order valence-electron chi connectivity index (χ3n) is 4.56. The lowest BCUT2D eigenvalue weighted by molar-refractivity contribution is -0.253. The van der Waals surface area contributed by atoms with E-state index >= 15 is 0 Å². The second kappa shape index (κ2) is 6.87. The number of carboxylic acids is 1. The maximum absolute atomic E-state index is 14.0. The molecule has 1 N–H and O–H groups in total. The van der Waals surface area contributed by atoms with Gasteiger partial charge in [-0.1, -0.05) is 22.8 Å². The Morgan fingerprint density at radius 2 is 2.11 bits per heavy atom. The zero-order valence-electron chi connectivity index (χ0n) is 14.0. The van der Waals surface area contributed by atoms with Crippen molar-refractivity contribution >= 4 is 34.9 Å². The fourth-order valence-electron chi connectivity index (χ4n) is 3.17. The van der Waals surface area contributed by atoms with E-state index in [4.69, 9.17) is 33.1 Å². The van der Waals surface area contributed by atoms with Gasteiger partial charge in [0.25, 0.3) is 5.60 Å². The molecule has 3 rings (SSSR count). The van der Waals surface area contributed by atoms with E-state index in [-0.39, 0.29) is 28.3 Å². The van der Waals surface area contributed by atoms with Crippen LogP contribution in [0.1, 0.15) is 34.3 Å². The van der Waals surface area contributed by atoms with Crippen molar-refractivity contribution in [3.05, 3.63) is 57.6 Å². The quantitative estimate of drug-likeness (QED) is 0.686. The summed E-state index contributed by atoms with van der Waals surface area (Å²) in [5.74, 6) is -1.12. The van der Waals surface area contributed by atoms with Gasteiger partial charge in [-0.25, -0.2) is 4.79 Å².